The number of amides is 3. The molecule has 0 spiro atoms. The number of hydrazone groups is 1. The molecule has 3 amide bonds. The number of thioether (sulfide) groups is 1. The Kier molecular flexibility index (Phi) is 6.06. The number of hydrogen-bond acceptors (Lipinski definition) is 7. The lowest BCUT2D eigenvalue weighted by Gasteiger charge is -2.11. The fraction of sp³-hybridized carbons (Fsp3) is 0.0455. The molecule has 10 heteroatoms. The lowest BCUT2D eigenvalue weighted by Crippen LogP contribution is -2.21. The van der Waals surface area contributed by atoms with Gasteiger partial charge in [0.05, 0.1) is 21.9 Å². The van der Waals surface area contributed by atoms with E-state index in [2.05, 4.69) is 26.3 Å². The van der Waals surface area contributed by atoms with E-state index in [4.69, 9.17) is 4.74 Å². The van der Waals surface area contributed by atoms with Gasteiger partial charge < -0.3 is 4.74 Å². The largest absolute Gasteiger partial charge is 0.423 e. The first-order valence-corrected chi connectivity index (χ1v) is 10.9. The number of nitrogens with one attached hydrogen (secondary N) is 1. The highest BCUT2D eigenvalue weighted by Gasteiger charge is 2.29. The van der Waals surface area contributed by atoms with E-state index in [1.54, 1.807) is 43.3 Å². The molecule has 2 aromatic carbocycles. The van der Waals surface area contributed by atoms with Gasteiger partial charge in [0.1, 0.15) is 5.75 Å². The van der Waals surface area contributed by atoms with E-state index in [1.165, 1.54) is 5.01 Å². The number of hydrogen-bond donors (Lipinski definition) is 1. The first-order valence-electron chi connectivity index (χ1n) is 9.25. The Morgan fingerprint density at radius 2 is 1.91 bits per heavy atom. The molecule has 0 unspecified atom stereocenters. The molecule has 2 aliphatic heterocycles. The second kappa shape index (κ2) is 8.93. The van der Waals surface area contributed by atoms with Gasteiger partial charge in [0.2, 0.25) is 0 Å². The van der Waals surface area contributed by atoms with Crippen LogP contribution in [0, 0.1) is 0 Å². The van der Waals surface area contributed by atoms with Crippen molar-refractivity contribution in [3.8, 4) is 5.75 Å². The van der Waals surface area contributed by atoms with Crippen molar-refractivity contribution in [1.82, 2.24) is 5.32 Å². The third kappa shape index (κ3) is 4.56. The van der Waals surface area contributed by atoms with Crippen LogP contribution < -0.4 is 15.1 Å². The van der Waals surface area contributed by atoms with Gasteiger partial charge in [-0.1, -0.05) is 34.1 Å². The van der Waals surface area contributed by atoms with E-state index in [1.807, 2.05) is 18.2 Å². The van der Waals surface area contributed by atoms with E-state index in [-0.39, 0.29) is 16.6 Å². The van der Waals surface area contributed by atoms with Gasteiger partial charge in [-0.3, -0.25) is 19.7 Å². The summed E-state index contributed by atoms with van der Waals surface area (Å²) in [4.78, 5) is 48.1. The van der Waals surface area contributed by atoms with Crippen LogP contribution in [0.2, 0.25) is 0 Å². The molecule has 8 nitrogen and oxygen atoms in total. The number of anilines is 1. The molecule has 160 valence electrons. The topological polar surface area (TPSA) is 105 Å². The Bertz CT molecular complexity index is 1250. The number of carbonyl (C=O) groups is 4. The maximum atomic E-state index is 13.0. The molecule has 0 bridgehead atoms. The van der Waals surface area contributed by atoms with Gasteiger partial charge in [0, 0.05) is 16.1 Å². The molecule has 2 aromatic rings. The van der Waals surface area contributed by atoms with Crippen LogP contribution in [0.3, 0.4) is 0 Å². The van der Waals surface area contributed by atoms with Crippen molar-refractivity contribution in [1.29, 1.82) is 0 Å². The molecule has 0 saturated carbocycles. The summed E-state index contributed by atoms with van der Waals surface area (Å²) in [7, 11) is 0. The molecule has 1 N–H and O–H groups in total. The molecule has 2 heterocycles. The lowest BCUT2D eigenvalue weighted by atomic mass is 10.1. The summed E-state index contributed by atoms with van der Waals surface area (Å²) in [5, 5.41) is 7.16. The minimum Gasteiger partial charge on any atom is -0.423 e. The van der Waals surface area contributed by atoms with Gasteiger partial charge in [-0.05, 0) is 55.1 Å². The Balaban J connectivity index is 1.62. The molecular formula is C22H14BrN3O5S. The van der Waals surface area contributed by atoms with E-state index in [9.17, 15) is 19.2 Å². The molecule has 32 heavy (non-hydrogen) atoms. The van der Waals surface area contributed by atoms with E-state index in [0.717, 1.165) is 6.08 Å². The summed E-state index contributed by atoms with van der Waals surface area (Å²) in [6.07, 6.45) is 2.54. The maximum Gasteiger partial charge on any atom is 0.337 e. The van der Waals surface area contributed by atoms with Gasteiger partial charge >= 0.3 is 5.97 Å². The fourth-order valence-electron chi connectivity index (χ4n) is 2.97. The predicted octanol–water partition coefficient (Wildman–Crippen LogP) is 4.03. The Morgan fingerprint density at radius 3 is 2.59 bits per heavy atom. The van der Waals surface area contributed by atoms with Crippen LogP contribution in [-0.2, 0) is 14.4 Å². The molecule has 0 aliphatic carbocycles. The van der Waals surface area contributed by atoms with Gasteiger partial charge in [-0.2, -0.15) is 10.1 Å². The molecule has 0 radical (unpaired) electrons. The Labute approximate surface area is 195 Å². The number of nitrogens with zero attached hydrogens (tertiary/aromatic N) is 2. The van der Waals surface area contributed by atoms with Crippen molar-refractivity contribution in [3.63, 3.8) is 0 Å². The summed E-state index contributed by atoms with van der Waals surface area (Å²) in [5.74, 6) is -1.62. The SMILES string of the molecule is CC1=NN(c2ccccc2)C(=O)C1=Cc1cc(Br)ccc1OC(=O)C=C1SC(=O)NC1=O. The second-order valence-electron chi connectivity index (χ2n) is 6.65. The van der Waals surface area contributed by atoms with E-state index >= 15 is 0 Å². The zero-order valence-corrected chi connectivity index (χ0v) is 18.9. The second-order valence-corrected chi connectivity index (χ2v) is 8.58. The van der Waals surface area contributed by atoms with Crippen molar-refractivity contribution in [2.45, 2.75) is 6.92 Å². The molecule has 2 aliphatic rings. The number of benzene rings is 2. The van der Waals surface area contributed by atoms with Crippen LogP contribution in [0.15, 0.2) is 74.7 Å². The average molecular weight is 512 g/mol. The quantitative estimate of drug-likeness (QED) is 0.377. The number of ether oxygens (including phenoxy) is 1. The summed E-state index contributed by atoms with van der Waals surface area (Å²) < 4.78 is 6.10. The normalized spacial score (nSPS) is 18.4. The standard InChI is InChI=1S/C22H14BrN3O5S/c1-12-16(21(29)26(25-12)15-5-3-2-4-6-15)10-13-9-14(23)7-8-17(13)31-19(27)11-18-20(28)24-22(30)32-18/h2-11H,1H3,(H,24,28,30). The number of carbonyl (C=O) groups excluding carboxylic acids is 4. The number of rotatable bonds is 4. The predicted molar refractivity (Wildman–Crippen MR) is 124 cm³/mol. The minimum absolute atomic E-state index is 0.0514. The van der Waals surface area contributed by atoms with Crippen LogP contribution in [0.25, 0.3) is 6.08 Å². The fourth-order valence-corrected chi connectivity index (χ4v) is 4.00. The Morgan fingerprint density at radius 1 is 1.16 bits per heavy atom. The number of halogens is 1. The monoisotopic (exact) mass is 511 g/mol. The average Bonchev–Trinajstić information content (AvgIpc) is 3.22. The van der Waals surface area contributed by atoms with Crippen molar-refractivity contribution in [3.05, 3.63) is 75.1 Å². The molecule has 0 aromatic heterocycles. The summed E-state index contributed by atoms with van der Waals surface area (Å²) in [6.45, 7) is 1.72. The maximum absolute atomic E-state index is 13.0. The summed E-state index contributed by atoms with van der Waals surface area (Å²) >= 11 is 3.99. The molecule has 4 rings (SSSR count). The van der Waals surface area contributed by atoms with Crippen LogP contribution in [0.5, 0.6) is 5.75 Å². The van der Waals surface area contributed by atoms with Gasteiger partial charge in [0.25, 0.3) is 17.1 Å². The van der Waals surface area contributed by atoms with Gasteiger partial charge in [0.15, 0.2) is 0 Å². The van der Waals surface area contributed by atoms with Crippen molar-refractivity contribution in [2.75, 3.05) is 5.01 Å². The highest BCUT2D eigenvalue weighted by molar-refractivity contribution is 9.10. The van der Waals surface area contributed by atoms with Crippen LogP contribution in [0.1, 0.15) is 12.5 Å². The summed E-state index contributed by atoms with van der Waals surface area (Å²) in [5.41, 5.74) is 1.95. The third-order valence-corrected chi connectivity index (χ3v) is 5.74. The number of imide groups is 1. The van der Waals surface area contributed by atoms with Gasteiger partial charge in [-0.15, -0.1) is 0 Å². The minimum atomic E-state index is -0.826. The third-order valence-electron chi connectivity index (χ3n) is 4.44. The molecular weight excluding hydrogens is 498 g/mol. The smallest absolute Gasteiger partial charge is 0.337 e. The highest BCUT2D eigenvalue weighted by Crippen LogP contribution is 2.30. The number of para-hydroxylation sites is 1. The zero-order valence-electron chi connectivity index (χ0n) is 16.5. The number of esters is 1. The van der Waals surface area contributed by atoms with Crippen molar-refractivity contribution >= 4 is 68.2 Å². The first kappa shape index (κ1) is 21.7. The first-order chi connectivity index (χ1) is 15.3. The van der Waals surface area contributed by atoms with Crippen molar-refractivity contribution in [2.24, 2.45) is 5.10 Å². The zero-order chi connectivity index (χ0) is 22.8. The van der Waals surface area contributed by atoms with Gasteiger partial charge in [-0.25, -0.2) is 4.79 Å². The molecule has 0 atom stereocenters. The van der Waals surface area contributed by atoms with E-state index in [0.29, 0.717) is 38.8 Å². The van der Waals surface area contributed by atoms with Crippen LogP contribution in [-0.4, -0.2) is 28.7 Å². The van der Waals surface area contributed by atoms with Crippen LogP contribution in [0.4, 0.5) is 10.5 Å². The Hall–Kier alpha value is -3.50. The molecule has 1 fully saturated rings. The van der Waals surface area contributed by atoms with Crippen molar-refractivity contribution < 1.29 is 23.9 Å². The lowest BCUT2D eigenvalue weighted by molar-refractivity contribution is -0.129. The van der Waals surface area contributed by atoms with Crippen LogP contribution >= 0.6 is 27.7 Å². The van der Waals surface area contributed by atoms with E-state index < -0.39 is 17.1 Å². The highest BCUT2D eigenvalue weighted by atomic mass is 79.9. The molecule has 1 saturated heterocycles. The summed E-state index contributed by atoms with van der Waals surface area (Å²) in [6, 6.07) is 13.9.